The number of rotatable bonds is 4. The molecule has 6 heteroatoms. The Kier molecular flexibility index (Phi) is 5.55. The van der Waals surface area contributed by atoms with E-state index in [0.29, 0.717) is 25.4 Å². The Labute approximate surface area is 149 Å². The first-order chi connectivity index (χ1) is 11.4. The smallest absolute Gasteiger partial charge is 0.150 e. The average molecular weight is 372 g/mol. The van der Waals surface area contributed by atoms with Crippen LogP contribution in [0.5, 0.6) is 0 Å². The fourth-order valence-electron chi connectivity index (χ4n) is 3.89. The van der Waals surface area contributed by atoms with Gasteiger partial charge in [0, 0.05) is 17.6 Å². The number of likely N-dealkylation sites (tertiary alicyclic amines) is 1. The molecule has 0 saturated carbocycles. The van der Waals surface area contributed by atoms with Gasteiger partial charge in [0.1, 0.15) is 0 Å². The fraction of sp³-hybridized carbons (Fsp3) is 0.667. The molecule has 2 aliphatic rings. The third-order valence-electron chi connectivity index (χ3n) is 5.36. The quantitative estimate of drug-likeness (QED) is 0.884. The maximum atomic E-state index is 11.6. The molecule has 1 unspecified atom stereocenters. The maximum Gasteiger partial charge on any atom is 0.150 e. The molecule has 1 aromatic carbocycles. The Morgan fingerprint density at radius 3 is 2.71 bits per heavy atom. The van der Waals surface area contributed by atoms with E-state index in [1.165, 1.54) is 12.0 Å². The van der Waals surface area contributed by atoms with E-state index in [0.717, 1.165) is 30.8 Å². The Balaban J connectivity index is 1.66. The number of hydrogen-bond donors (Lipinski definition) is 1. The van der Waals surface area contributed by atoms with E-state index < -0.39 is 15.4 Å². The number of hydrogen-bond acceptors (Lipinski definition) is 4. The largest absolute Gasteiger partial charge is 0.388 e. The molecule has 0 spiro atoms. The van der Waals surface area contributed by atoms with E-state index in [9.17, 15) is 13.5 Å². The lowest BCUT2D eigenvalue weighted by Crippen LogP contribution is -2.52. The van der Waals surface area contributed by atoms with Crippen molar-refractivity contribution in [3.8, 4) is 0 Å². The summed E-state index contributed by atoms with van der Waals surface area (Å²) in [5, 5.41) is 11.6. The molecule has 0 bridgehead atoms. The molecular weight excluding hydrogens is 346 g/mol. The summed E-state index contributed by atoms with van der Waals surface area (Å²) in [4.78, 5) is 2.36. The number of aliphatic hydroxyl groups is 1. The Morgan fingerprint density at radius 2 is 2.00 bits per heavy atom. The van der Waals surface area contributed by atoms with E-state index in [4.69, 9.17) is 11.6 Å². The standard InChI is InChI=1S/C18H26ClNO3S/c19-16-5-3-4-15(12-16)13-17-6-1-2-9-20(17)14-18(21)7-10-24(22,23)11-8-18/h3-5,12,17,21H,1-2,6-11,13-14H2. The minimum Gasteiger partial charge on any atom is -0.388 e. The van der Waals surface area contributed by atoms with Crippen molar-refractivity contribution in [2.75, 3.05) is 24.6 Å². The van der Waals surface area contributed by atoms with Crippen LogP contribution in [0.25, 0.3) is 0 Å². The van der Waals surface area contributed by atoms with E-state index in [2.05, 4.69) is 11.0 Å². The highest BCUT2D eigenvalue weighted by Gasteiger charge is 2.38. The number of benzene rings is 1. The fourth-order valence-corrected chi connectivity index (χ4v) is 5.69. The number of piperidine rings is 1. The normalized spacial score (nSPS) is 27.0. The topological polar surface area (TPSA) is 57.6 Å². The molecule has 0 radical (unpaired) electrons. The molecular formula is C18H26ClNO3S. The molecule has 1 aromatic rings. The van der Waals surface area contributed by atoms with Crippen LogP contribution in [0.1, 0.15) is 37.7 Å². The first-order valence-corrected chi connectivity index (χ1v) is 11.0. The summed E-state index contributed by atoms with van der Waals surface area (Å²) < 4.78 is 23.3. The minimum atomic E-state index is -2.95. The number of β-amino-alcohol motifs (C(OH)–C–C–N with tert-alkyl or cyclic N) is 1. The van der Waals surface area contributed by atoms with Crippen LogP contribution in [0.3, 0.4) is 0 Å². The highest BCUT2D eigenvalue weighted by molar-refractivity contribution is 7.91. The van der Waals surface area contributed by atoms with Crippen LogP contribution in [-0.2, 0) is 16.3 Å². The molecule has 0 aromatic heterocycles. The van der Waals surface area contributed by atoms with Crippen LogP contribution in [0.4, 0.5) is 0 Å². The van der Waals surface area contributed by atoms with Crippen molar-refractivity contribution in [1.29, 1.82) is 0 Å². The van der Waals surface area contributed by atoms with Crippen LogP contribution in [-0.4, -0.2) is 54.7 Å². The van der Waals surface area contributed by atoms with E-state index in [1.807, 2.05) is 18.2 Å². The van der Waals surface area contributed by atoms with Crippen molar-refractivity contribution in [1.82, 2.24) is 4.90 Å². The summed E-state index contributed by atoms with van der Waals surface area (Å²) in [5.74, 6) is 0.215. The second kappa shape index (κ2) is 7.32. The van der Waals surface area contributed by atoms with E-state index >= 15 is 0 Å². The monoisotopic (exact) mass is 371 g/mol. The molecule has 3 rings (SSSR count). The number of halogens is 1. The van der Waals surface area contributed by atoms with Crippen molar-refractivity contribution >= 4 is 21.4 Å². The Morgan fingerprint density at radius 1 is 1.25 bits per heavy atom. The Bertz CT molecular complexity index is 663. The van der Waals surface area contributed by atoms with Crippen molar-refractivity contribution in [3.05, 3.63) is 34.9 Å². The van der Waals surface area contributed by atoms with E-state index in [1.54, 1.807) is 0 Å². The second-order valence-electron chi connectivity index (χ2n) is 7.33. The highest BCUT2D eigenvalue weighted by Crippen LogP contribution is 2.29. The van der Waals surface area contributed by atoms with Crippen molar-refractivity contribution in [3.63, 3.8) is 0 Å². The zero-order valence-corrected chi connectivity index (χ0v) is 15.5. The van der Waals surface area contributed by atoms with Crippen molar-refractivity contribution in [2.45, 2.75) is 50.2 Å². The van der Waals surface area contributed by atoms with Crippen LogP contribution in [0, 0.1) is 0 Å². The Hall–Kier alpha value is -0.620. The van der Waals surface area contributed by atoms with Gasteiger partial charge in [-0.05, 0) is 56.3 Å². The third-order valence-corrected chi connectivity index (χ3v) is 7.25. The van der Waals surface area contributed by atoms with Gasteiger partial charge in [-0.15, -0.1) is 0 Å². The lowest BCUT2D eigenvalue weighted by atomic mass is 9.91. The number of sulfone groups is 1. The van der Waals surface area contributed by atoms with Gasteiger partial charge in [0.2, 0.25) is 0 Å². The van der Waals surface area contributed by atoms with Crippen LogP contribution < -0.4 is 0 Å². The molecule has 0 aliphatic carbocycles. The first-order valence-electron chi connectivity index (χ1n) is 8.77. The first kappa shape index (κ1) is 18.2. The molecule has 2 fully saturated rings. The van der Waals surface area contributed by atoms with Gasteiger partial charge < -0.3 is 5.11 Å². The summed E-state index contributed by atoms with van der Waals surface area (Å²) in [5.41, 5.74) is 0.354. The molecule has 2 saturated heterocycles. The predicted molar refractivity (Wildman–Crippen MR) is 97.2 cm³/mol. The molecule has 1 atom stereocenters. The summed E-state index contributed by atoms with van der Waals surface area (Å²) in [6.07, 6.45) is 5.09. The van der Waals surface area contributed by atoms with Gasteiger partial charge in [-0.2, -0.15) is 0 Å². The summed E-state index contributed by atoms with van der Waals surface area (Å²) in [6.45, 7) is 1.55. The SMILES string of the molecule is O=S1(=O)CCC(O)(CN2CCCCC2Cc2cccc(Cl)c2)CC1. The molecule has 0 amide bonds. The zero-order chi connectivity index (χ0) is 17.2. The van der Waals surface area contributed by atoms with Crippen molar-refractivity contribution in [2.24, 2.45) is 0 Å². The van der Waals surface area contributed by atoms with Crippen LogP contribution in [0.15, 0.2) is 24.3 Å². The lowest BCUT2D eigenvalue weighted by molar-refractivity contribution is -0.0239. The van der Waals surface area contributed by atoms with Gasteiger partial charge in [-0.3, -0.25) is 4.90 Å². The third kappa shape index (κ3) is 4.72. The van der Waals surface area contributed by atoms with Crippen molar-refractivity contribution < 1.29 is 13.5 Å². The predicted octanol–water partition coefficient (Wildman–Crippen LogP) is 2.68. The molecule has 1 N–H and O–H groups in total. The zero-order valence-electron chi connectivity index (χ0n) is 14.0. The molecule has 24 heavy (non-hydrogen) atoms. The van der Waals surface area contributed by atoms with E-state index in [-0.39, 0.29) is 11.5 Å². The molecule has 2 aliphatic heterocycles. The van der Waals surface area contributed by atoms with Crippen LogP contribution in [0.2, 0.25) is 5.02 Å². The summed E-state index contributed by atoms with van der Waals surface area (Å²) in [7, 11) is -2.95. The van der Waals surface area contributed by atoms with Gasteiger partial charge in [0.25, 0.3) is 0 Å². The van der Waals surface area contributed by atoms with Crippen LogP contribution >= 0.6 is 11.6 Å². The summed E-state index contributed by atoms with van der Waals surface area (Å²) in [6, 6.07) is 8.36. The van der Waals surface area contributed by atoms with Gasteiger partial charge in [0.05, 0.1) is 17.1 Å². The second-order valence-corrected chi connectivity index (χ2v) is 10.1. The molecule has 2 heterocycles. The van der Waals surface area contributed by atoms with Gasteiger partial charge in [-0.1, -0.05) is 30.2 Å². The lowest BCUT2D eigenvalue weighted by Gasteiger charge is -2.42. The summed E-state index contributed by atoms with van der Waals surface area (Å²) >= 11 is 6.09. The van der Waals surface area contributed by atoms with Gasteiger partial charge in [-0.25, -0.2) is 8.42 Å². The number of nitrogens with zero attached hydrogens (tertiary/aromatic N) is 1. The highest BCUT2D eigenvalue weighted by atomic mass is 35.5. The molecule has 4 nitrogen and oxygen atoms in total. The minimum absolute atomic E-state index is 0.107. The maximum absolute atomic E-state index is 11.6. The van der Waals surface area contributed by atoms with Gasteiger partial charge >= 0.3 is 0 Å². The molecule has 134 valence electrons. The average Bonchev–Trinajstić information content (AvgIpc) is 2.53. The van der Waals surface area contributed by atoms with Gasteiger partial charge in [0.15, 0.2) is 9.84 Å².